The lowest BCUT2D eigenvalue weighted by Crippen LogP contribution is -2.41. The third kappa shape index (κ3) is 10.6. The van der Waals surface area contributed by atoms with E-state index in [0.717, 1.165) is 75.9 Å². The van der Waals surface area contributed by atoms with Crippen LogP contribution >= 0.6 is 0 Å². The lowest BCUT2D eigenvalue weighted by Gasteiger charge is -2.28. The average Bonchev–Trinajstić information content (AvgIpc) is 3.27. The van der Waals surface area contributed by atoms with E-state index in [1.165, 1.54) is 0 Å². The second kappa shape index (κ2) is 16.8. The molecule has 0 amide bonds. The Balaban J connectivity index is 1.24. The first-order chi connectivity index (χ1) is 21.1. The number of aliphatic hydroxyl groups excluding tert-OH is 2. The van der Waals surface area contributed by atoms with E-state index in [4.69, 9.17) is 9.47 Å². The minimum Gasteiger partial charge on any atom is -0.488 e. The highest BCUT2D eigenvalue weighted by molar-refractivity contribution is 5.15. The molecule has 4 heterocycles. The monoisotopic (exact) mass is 612 g/mol. The molecule has 0 saturated carbocycles. The number of aliphatic hydroxyl groups is 2. The Kier molecular flexibility index (Phi) is 13.1. The van der Waals surface area contributed by atoms with Gasteiger partial charge in [0.05, 0.1) is 61.3 Å². The molecular weight excluding hydrogens is 556 g/mol. The van der Waals surface area contributed by atoms with Crippen molar-refractivity contribution >= 4 is 0 Å². The van der Waals surface area contributed by atoms with Crippen molar-refractivity contribution in [2.45, 2.75) is 154 Å². The van der Waals surface area contributed by atoms with Crippen LogP contribution in [0.2, 0.25) is 0 Å². The van der Waals surface area contributed by atoms with E-state index in [0.29, 0.717) is 23.3 Å². The molecule has 2 aromatic heterocycles. The van der Waals surface area contributed by atoms with Crippen LogP contribution in [0, 0.1) is 11.8 Å². The molecule has 0 radical (unpaired) electrons. The molecule has 2 aliphatic heterocycles. The molecule has 0 spiro atoms. The Bertz CT molecular complexity index is 1100. The topological polar surface area (TPSA) is 135 Å². The fourth-order valence-electron chi connectivity index (χ4n) is 6.50. The Morgan fingerprint density at radius 2 is 1.16 bits per heavy atom. The fraction of sp³-hybridized carbons (Fsp3) is 0.765. The van der Waals surface area contributed by atoms with Crippen LogP contribution in [-0.2, 0) is 0 Å². The molecule has 6 unspecified atom stereocenters. The van der Waals surface area contributed by atoms with E-state index >= 15 is 0 Å². The van der Waals surface area contributed by atoms with Gasteiger partial charge in [0.1, 0.15) is 11.6 Å². The van der Waals surface area contributed by atoms with Gasteiger partial charge in [-0.2, -0.15) is 0 Å². The summed E-state index contributed by atoms with van der Waals surface area (Å²) in [7, 11) is 0. The van der Waals surface area contributed by atoms with Gasteiger partial charge in [0.2, 0.25) is 0 Å². The van der Waals surface area contributed by atoms with E-state index in [9.17, 15) is 10.2 Å². The Morgan fingerprint density at radius 1 is 0.682 bits per heavy atom. The van der Waals surface area contributed by atoms with Gasteiger partial charge < -0.3 is 30.3 Å². The van der Waals surface area contributed by atoms with Gasteiger partial charge in [-0.05, 0) is 96.8 Å². The number of hydrogen-bond donors (Lipinski definition) is 4. The predicted molar refractivity (Wildman–Crippen MR) is 171 cm³/mol. The third-order valence-corrected chi connectivity index (χ3v) is 8.82. The third-order valence-electron chi connectivity index (χ3n) is 8.82. The van der Waals surface area contributed by atoms with Gasteiger partial charge in [0, 0.05) is 12.1 Å². The first-order valence-corrected chi connectivity index (χ1v) is 16.9. The van der Waals surface area contributed by atoms with Gasteiger partial charge >= 0.3 is 0 Å². The summed E-state index contributed by atoms with van der Waals surface area (Å²) in [5.41, 5.74) is 0. The highest BCUT2D eigenvalue weighted by Gasteiger charge is 2.30. The number of rotatable bonds is 13. The van der Waals surface area contributed by atoms with Crippen LogP contribution in [0.3, 0.4) is 0 Å². The van der Waals surface area contributed by atoms with Crippen molar-refractivity contribution in [2.24, 2.45) is 11.8 Å². The normalized spacial score (nSPS) is 27.9. The van der Waals surface area contributed by atoms with Crippen molar-refractivity contribution in [3.8, 4) is 11.5 Å². The van der Waals surface area contributed by atoms with Crippen molar-refractivity contribution in [2.75, 3.05) is 0 Å². The number of ether oxygens (including phenoxy) is 2. The summed E-state index contributed by atoms with van der Waals surface area (Å²) >= 11 is 0. The molecule has 2 saturated heterocycles. The van der Waals surface area contributed by atoms with Crippen LogP contribution in [0.5, 0.6) is 11.5 Å². The smallest absolute Gasteiger partial charge is 0.156 e. The summed E-state index contributed by atoms with van der Waals surface area (Å²) in [5, 5.41) is 28.7. The molecule has 2 aromatic rings. The SMILES string of the molecule is CC(C)C[C@H]1NC(c2ncc(OC(C)CCC(C)C[C@H]3NC(c4ncc(OC(C)C)cn4)CCCC3O)cn2)CCCC1O. The maximum absolute atomic E-state index is 10.9. The van der Waals surface area contributed by atoms with Crippen molar-refractivity contribution in [3.05, 3.63) is 36.4 Å². The van der Waals surface area contributed by atoms with Gasteiger partial charge in [-0.15, -0.1) is 0 Å². The molecule has 44 heavy (non-hydrogen) atoms. The van der Waals surface area contributed by atoms with Crippen LogP contribution in [-0.4, -0.2) is 66.6 Å². The maximum Gasteiger partial charge on any atom is 0.156 e. The Morgan fingerprint density at radius 3 is 1.64 bits per heavy atom. The van der Waals surface area contributed by atoms with E-state index in [-0.39, 0.29) is 48.6 Å². The largest absolute Gasteiger partial charge is 0.488 e. The molecule has 2 fully saturated rings. The first-order valence-electron chi connectivity index (χ1n) is 16.9. The standard InChI is InChI=1S/C34H56N6O4/c1-21(2)15-29-31(41)11-7-9-27(39-29)33-37-19-26(20-38-33)44-24(6)14-13-23(5)16-30-32(42)12-8-10-28(40-30)34-35-17-25(18-36-34)43-22(3)4/h17-24,27-32,39-42H,7-16H2,1-6H3/t23?,24?,27?,28?,29-,30-,31?,32?/m1/s1. The Labute approximate surface area is 264 Å². The molecule has 4 rings (SSSR count). The zero-order chi connectivity index (χ0) is 31.6. The molecule has 8 atom stereocenters. The molecule has 10 heteroatoms. The quantitative estimate of drug-likeness (QED) is 0.231. The highest BCUT2D eigenvalue weighted by Crippen LogP contribution is 2.29. The van der Waals surface area contributed by atoms with Crippen LogP contribution in [0.25, 0.3) is 0 Å². The predicted octanol–water partition coefficient (Wildman–Crippen LogP) is 5.46. The highest BCUT2D eigenvalue weighted by atomic mass is 16.5. The van der Waals surface area contributed by atoms with E-state index < -0.39 is 0 Å². The van der Waals surface area contributed by atoms with Crippen molar-refractivity contribution in [3.63, 3.8) is 0 Å². The zero-order valence-corrected chi connectivity index (χ0v) is 27.7. The van der Waals surface area contributed by atoms with E-state index in [2.05, 4.69) is 58.3 Å². The summed E-state index contributed by atoms with van der Waals surface area (Å²) in [6, 6.07) is 0.111. The summed E-state index contributed by atoms with van der Waals surface area (Å²) in [4.78, 5) is 18.4. The lowest BCUT2D eigenvalue weighted by atomic mass is 9.92. The number of hydrogen-bond acceptors (Lipinski definition) is 10. The van der Waals surface area contributed by atoms with Gasteiger partial charge in [0.25, 0.3) is 0 Å². The summed E-state index contributed by atoms with van der Waals surface area (Å²) in [6.45, 7) is 12.7. The number of nitrogens with zero attached hydrogens (tertiary/aromatic N) is 4. The number of aromatic nitrogens is 4. The molecule has 246 valence electrons. The first kappa shape index (κ1) is 34.5. The lowest BCUT2D eigenvalue weighted by molar-refractivity contribution is 0.107. The molecule has 4 N–H and O–H groups in total. The van der Waals surface area contributed by atoms with Crippen molar-refractivity contribution in [1.82, 2.24) is 30.6 Å². The van der Waals surface area contributed by atoms with Crippen LogP contribution in [0.4, 0.5) is 0 Å². The zero-order valence-electron chi connectivity index (χ0n) is 27.7. The summed E-state index contributed by atoms with van der Waals surface area (Å²) in [6.07, 6.45) is 15.4. The summed E-state index contributed by atoms with van der Waals surface area (Å²) < 4.78 is 11.9. The van der Waals surface area contributed by atoms with Gasteiger partial charge in [-0.25, -0.2) is 19.9 Å². The number of nitrogens with one attached hydrogen (secondary N) is 2. The molecule has 0 bridgehead atoms. The van der Waals surface area contributed by atoms with Crippen molar-refractivity contribution in [1.29, 1.82) is 0 Å². The van der Waals surface area contributed by atoms with Crippen LogP contribution < -0.4 is 20.1 Å². The minimum atomic E-state index is -0.387. The molecular formula is C34H56N6O4. The maximum atomic E-state index is 10.9. The summed E-state index contributed by atoms with van der Waals surface area (Å²) in [5.74, 6) is 3.79. The molecule has 0 aromatic carbocycles. The van der Waals surface area contributed by atoms with E-state index in [1.54, 1.807) is 24.8 Å². The van der Waals surface area contributed by atoms with Crippen molar-refractivity contribution < 1.29 is 19.7 Å². The van der Waals surface area contributed by atoms with Gasteiger partial charge in [-0.1, -0.05) is 20.8 Å². The minimum absolute atomic E-state index is 0.0105. The second-order valence-corrected chi connectivity index (χ2v) is 13.8. The second-order valence-electron chi connectivity index (χ2n) is 13.8. The van der Waals surface area contributed by atoms with Crippen LogP contribution in [0.15, 0.2) is 24.8 Å². The average molecular weight is 613 g/mol. The Hall–Kier alpha value is -2.40. The fourth-order valence-corrected chi connectivity index (χ4v) is 6.50. The van der Waals surface area contributed by atoms with Gasteiger partial charge in [0.15, 0.2) is 11.5 Å². The molecule has 2 aliphatic rings. The van der Waals surface area contributed by atoms with Gasteiger partial charge in [-0.3, -0.25) is 0 Å². The molecule has 10 nitrogen and oxygen atoms in total. The van der Waals surface area contributed by atoms with Crippen LogP contribution in [0.1, 0.15) is 129 Å². The molecule has 0 aliphatic carbocycles. The van der Waals surface area contributed by atoms with E-state index in [1.807, 2.05) is 13.8 Å².